The Kier molecular flexibility index (Phi) is 8.19. The first-order valence-electron chi connectivity index (χ1n) is 11.3. The second-order valence-corrected chi connectivity index (χ2v) is 8.53. The predicted molar refractivity (Wildman–Crippen MR) is 133 cm³/mol. The summed E-state index contributed by atoms with van der Waals surface area (Å²) in [6.07, 6.45) is 0. The fraction of sp³-hybridized carbons (Fsp3) is 0.259. The van der Waals surface area contributed by atoms with Gasteiger partial charge in [-0.1, -0.05) is 44.2 Å². The molecular formula is C27H27N3O7. The van der Waals surface area contributed by atoms with E-state index >= 15 is 0 Å². The first-order chi connectivity index (χ1) is 17.7. The Morgan fingerprint density at radius 2 is 1.73 bits per heavy atom. The summed E-state index contributed by atoms with van der Waals surface area (Å²) < 4.78 is 16.0. The van der Waals surface area contributed by atoms with Gasteiger partial charge in [-0.25, -0.2) is 14.4 Å². The molecule has 0 saturated carbocycles. The summed E-state index contributed by atoms with van der Waals surface area (Å²) >= 11 is 0. The van der Waals surface area contributed by atoms with Crippen LogP contribution in [0.4, 0.5) is 5.69 Å². The molecule has 3 N–H and O–H groups in total. The van der Waals surface area contributed by atoms with Crippen molar-refractivity contribution in [1.82, 2.24) is 0 Å². The van der Waals surface area contributed by atoms with Crippen LogP contribution >= 0.6 is 0 Å². The monoisotopic (exact) mass is 505 g/mol. The third kappa shape index (κ3) is 5.26. The zero-order valence-corrected chi connectivity index (χ0v) is 20.8. The first kappa shape index (κ1) is 26.8. The number of nitrogens with two attached hydrogens (primary N) is 1. The maximum atomic E-state index is 13.2. The summed E-state index contributed by atoms with van der Waals surface area (Å²) in [5.41, 5.74) is 6.38. The van der Waals surface area contributed by atoms with E-state index in [0.717, 1.165) is 19.1 Å². The smallest absolute Gasteiger partial charge is 0.355 e. The minimum Gasteiger partial charge on any atom is -0.491 e. The van der Waals surface area contributed by atoms with Crippen LogP contribution in [-0.4, -0.2) is 43.8 Å². The number of esters is 2. The number of carboxylic acid groups (broad SMARTS) is 1. The normalized spacial score (nSPS) is 15.4. The zero-order valence-electron chi connectivity index (χ0n) is 20.8. The van der Waals surface area contributed by atoms with E-state index in [1.165, 1.54) is 18.2 Å². The van der Waals surface area contributed by atoms with Gasteiger partial charge in [0.15, 0.2) is 0 Å². The average molecular weight is 506 g/mol. The minimum absolute atomic E-state index is 0.0408. The van der Waals surface area contributed by atoms with Crippen LogP contribution < -0.4 is 15.4 Å². The van der Waals surface area contributed by atoms with Crippen LogP contribution in [-0.2, 0) is 19.1 Å². The van der Waals surface area contributed by atoms with Crippen LogP contribution in [0.25, 0.3) is 0 Å². The number of ether oxygens (including phenoxy) is 3. The Bertz CT molecular complexity index is 1320. The van der Waals surface area contributed by atoms with Crippen LogP contribution in [0, 0.1) is 17.2 Å². The molecule has 1 aliphatic rings. The molecule has 1 heterocycles. The van der Waals surface area contributed by atoms with Crippen LogP contribution in [0.2, 0.25) is 0 Å². The van der Waals surface area contributed by atoms with Crippen molar-refractivity contribution in [2.45, 2.75) is 19.8 Å². The van der Waals surface area contributed by atoms with Gasteiger partial charge in [-0.2, -0.15) is 5.26 Å². The van der Waals surface area contributed by atoms with Gasteiger partial charge in [0.1, 0.15) is 17.3 Å². The minimum atomic E-state index is -1.24. The zero-order chi connectivity index (χ0) is 27.3. The number of hydrogen-bond acceptors (Lipinski definition) is 9. The number of nitrogens with zero attached hydrogens (tertiary/aromatic N) is 2. The second kappa shape index (κ2) is 11.3. The predicted octanol–water partition coefficient (Wildman–Crippen LogP) is 3.32. The van der Waals surface area contributed by atoms with Crippen molar-refractivity contribution in [2.75, 3.05) is 25.7 Å². The Labute approximate surface area is 214 Å². The molecule has 0 aromatic heterocycles. The van der Waals surface area contributed by atoms with Crippen LogP contribution in [0.1, 0.15) is 35.7 Å². The highest BCUT2D eigenvalue weighted by Crippen LogP contribution is 2.45. The highest BCUT2D eigenvalue weighted by atomic mass is 16.5. The Morgan fingerprint density at radius 1 is 1.08 bits per heavy atom. The standard InChI is InChI=1S/C27H27N3O7/c1-15(2)14-37-20-11-10-17(25(31)32)12-19(20)30-23(27(34)36-4)22(26(33)35-3)21(18(13-28)24(30)29)16-8-6-5-7-9-16/h5-12,15,21H,14,29H2,1-4H3,(H,31,32). The highest BCUT2D eigenvalue weighted by Gasteiger charge is 2.43. The molecule has 10 heteroatoms. The van der Waals surface area contributed by atoms with Gasteiger partial charge >= 0.3 is 17.9 Å². The third-order valence-electron chi connectivity index (χ3n) is 5.63. The quantitative estimate of drug-likeness (QED) is 0.511. The maximum absolute atomic E-state index is 13.2. The number of methoxy groups -OCH3 is 2. The fourth-order valence-corrected chi connectivity index (χ4v) is 3.97. The lowest BCUT2D eigenvalue weighted by atomic mass is 9.81. The molecule has 10 nitrogen and oxygen atoms in total. The van der Waals surface area contributed by atoms with Gasteiger partial charge in [0.25, 0.3) is 0 Å². The molecule has 37 heavy (non-hydrogen) atoms. The molecular weight excluding hydrogens is 478 g/mol. The molecule has 192 valence electrons. The van der Waals surface area contributed by atoms with Crippen molar-refractivity contribution >= 4 is 23.6 Å². The van der Waals surface area contributed by atoms with Gasteiger partial charge in [0.05, 0.1) is 55.2 Å². The lowest BCUT2D eigenvalue weighted by Crippen LogP contribution is -2.41. The van der Waals surface area contributed by atoms with E-state index in [1.807, 2.05) is 13.8 Å². The average Bonchev–Trinajstić information content (AvgIpc) is 2.90. The number of carbonyl (C=O) groups excluding carboxylic acids is 2. The van der Waals surface area contributed by atoms with Crippen LogP contribution in [0.3, 0.4) is 0 Å². The third-order valence-corrected chi connectivity index (χ3v) is 5.63. The lowest BCUT2D eigenvalue weighted by molar-refractivity contribution is -0.139. The molecule has 0 bridgehead atoms. The van der Waals surface area contributed by atoms with Gasteiger partial charge < -0.3 is 25.1 Å². The Hall–Kier alpha value is -4.78. The van der Waals surface area contributed by atoms with Gasteiger partial charge in [0, 0.05) is 0 Å². The SMILES string of the molecule is COC(=O)C1=C(C(=O)OC)N(c2cc(C(=O)O)ccc2OCC(C)C)C(N)=C(C#N)C1c1ccccc1. The number of anilines is 1. The van der Waals surface area contributed by atoms with E-state index in [-0.39, 0.29) is 52.2 Å². The molecule has 1 aliphatic heterocycles. The number of benzene rings is 2. The summed E-state index contributed by atoms with van der Waals surface area (Å²) in [5, 5.41) is 19.8. The van der Waals surface area contributed by atoms with Gasteiger partial charge in [-0.3, -0.25) is 4.90 Å². The number of carboxylic acids is 1. The van der Waals surface area contributed by atoms with Crippen molar-refractivity contribution in [2.24, 2.45) is 11.7 Å². The van der Waals surface area contributed by atoms with E-state index in [0.29, 0.717) is 5.56 Å². The molecule has 0 saturated heterocycles. The van der Waals surface area contributed by atoms with Crippen molar-refractivity contribution < 1.29 is 33.7 Å². The molecule has 2 aromatic rings. The van der Waals surface area contributed by atoms with E-state index < -0.39 is 23.8 Å². The fourth-order valence-electron chi connectivity index (χ4n) is 3.97. The van der Waals surface area contributed by atoms with Gasteiger partial charge in [-0.05, 0) is 29.7 Å². The summed E-state index contributed by atoms with van der Waals surface area (Å²) in [6.45, 7) is 4.11. The molecule has 1 unspecified atom stereocenters. The maximum Gasteiger partial charge on any atom is 0.355 e. The lowest BCUT2D eigenvalue weighted by Gasteiger charge is -2.36. The molecule has 3 rings (SSSR count). The Morgan fingerprint density at radius 3 is 2.27 bits per heavy atom. The Balaban J connectivity index is 2.44. The number of aromatic carboxylic acids is 1. The number of rotatable bonds is 8. The summed E-state index contributed by atoms with van der Waals surface area (Å²) in [4.78, 5) is 39.4. The van der Waals surface area contributed by atoms with Crippen LogP contribution in [0.5, 0.6) is 5.75 Å². The summed E-state index contributed by atoms with van der Waals surface area (Å²) in [7, 11) is 2.27. The van der Waals surface area contributed by atoms with Crippen LogP contribution in [0.15, 0.2) is 71.2 Å². The molecule has 2 aromatic carbocycles. The molecule has 0 amide bonds. The van der Waals surface area contributed by atoms with Crippen molar-refractivity contribution in [3.05, 3.63) is 82.3 Å². The van der Waals surface area contributed by atoms with Gasteiger partial charge in [-0.15, -0.1) is 0 Å². The summed E-state index contributed by atoms with van der Waals surface area (Å²) in [6, 6.07) is 14.6. The number of hydrogen-bond donors (Lipinski definition) is 2. The van der Waals surface area contributed by atoms with Gasteiger partial charge in [0.2, 0.25) is 0 Å². The molecule has 0 fully saturated rings. The summed E-state index contributed by atoms with van der Waals surface area (Å²) in [5.74, 6) is -4.03. The molecule has 0 spiro atoms. The number of carbonyl (C=O) groups is 3. The largest absolute Gasteiger partial charge is 0.491 e. The van der Waals surface area contributed by atoms with E-state index in [9.17, 15) is 24.8 Å². The topological polar surface area (TPSA) is 152 Å². The van der Waals surface area contributed by atoms with Crippen molar-refractivity contribution in [3.8, 4) is 11.8 Å². The van der Waals surface area contributed by atoms with E-state index in [2.05, 4.69) is 6.07 Å². The number of nitriles is 1. The highest BCUT2D eigenvalue weighted by molar-refractivity contribution is 6.07. The second-order valence-electron chi connectivity index (χ2n) is 8.53. The molecule has 0 aliphatic carbocycles. The first-order valence-corrected chi connectivity index (χ1v) is 11.3. The van der Waals surface area contributed by atoms with Crippen molar-refractivity contribution in [1.29, 1.82) is 5.26 Å². The van der Waals surface area contributed by atoms with Crippen molar-refractivity contribution in [3.63, 3.8) is 0 Å². The molecule has 0 radical (unpaired) electrons. The van der Waals surface area contributed by atoms with E-state index in [1.54, 1.807) is 30.3 Å². The van der Waals surface area contributed by atoms with E-state index in [4.69, 9.17) is 19.9 Å². The number of allylic oxidation sites excluding steroid dienone is 1. The molecule has 1 atom stereocenters.